The van der Waals surface area contributed by atoms with Crippen molar-refractivity contribution < 1.29 is 14.6 Å². The van der Waals surface area contributed by atoms with Crippen molar-refractivity contribution in [1.29, 1.82) is 0 Å². The second kappa shape index (κ2) is 6.12. The van der Waals surface area contributed by atoms with E-state index in [4.69, 9.17) is 16.3 Å². The van der Waals surface area contributed by atoms with Gasteiger partial charge in [-0.05, 0) is 33.8 Å². The Balaban J connectivity index is 2.16. The Kier molecular flexibility index (Phi) is 4.39. The van der Waals surface area contributed by atoms with Crippen LogP contribution in [0.5, 0.6) is 0 Å². The Morgan fingerprint density at radius 1 is 1.28 bits per heavy atom. The maximum absolute atomic E-state index is 12.6. The number of fused-ring (bicyclic) bond motifs is 1. The number of halogens is 1. The van der Waals surface area contributed by atoms with Crippen LogP contribution in [0.3, 0.4) is 0 Å². The second-order valence-electron chi connectivity index (χ2n) is 6.96. The number of para-hydroxylation sites is 1. The third-order valence-electron chi connectivity index (χ3n) is 3.78. The molecule has 7 heteroatoms. The summed E-state index contributed by atoms with van der Waals surface area (Å²) in [6, 6.07) is 7.38. The first-order chi connectivity index (χ1) is 11.6. The molecule has 3 rings (SSSR count). The zero-order valence-electron chi connectivity index (χ0n) is 14.4. The highest BCUT2D eigenvalue weighted by molar-refractivity contribution is 7.15. The van der Waals surface area contributed by atoms with Gasteiger partial charge in [-0.15, -0.1) is 11.3 Å². The molecule has 25 heavy (non-hydrogen) atoms. The van der Waals surface area contributed by atoms with Crippen LogP contribution in [0.25, 0.3) is 10.9 Å². The number of hydrogen-bond acceptors (Lipinski definition) is 5. The van der Waals surface area contributed by atoms with E-state index in [1.807, 2.05) is 45.0 Å². The fourth-order valence-electron chi connectivity index (χ4n) is 2.64. The van der Waals surface area contributed by atoms with Crippen LogP contribution in [0.2, 0.25) is 4.47 Å². The monoisotopic (exact) mass is 378 g/mol. The molecule has 0 amide bonds. The lowest BCUT2D eigenvalue weighted by Gasteiger charge is -2.21. The third kappa shape index (κ3) is 3.42. The van der Waals surface area contributed by atoms with Crippen molar-refractivity contribution in [3.8, 4) is 0 Å². The minimum absolute atomic E-state index is 0.353. The molecule has 1 N–H and O–H groups in total. The predicted molar refractivity (Wildman–Crippen MR) is 99.4 cm³/mol. The molecule has 0 saturated carbocycles. The van der Waals surface area contributed by atoms with Gasteiger partial charge in [-0.1, -0.05) is 29.8 Å². The van der Waals surface area contributed by atoms with Crippen LogP contribution < -0.4 is 0 Å². The number of aromatic nitrogens is 2. The Bertz CT molecular complexity index is 937. The molecule has 0 aliphatic carbocycles. The molecule has 1 unspecified atom stereocenters. The number of ether oxygens (including phenoxy) is 1. The summed E-state index contributed by atoms with van der Waals surface area (Å²) in [5, 5.41) is 11.9. The molecule has 132 valence electrons. The number of nitrogens with zero attached hydrogens (tertiary/aromatic N) is 2. The zero-order chi connectivity index (χ0) is 18.4. The average Bonchev–Trinajstić information content (AvgIpc) is 3.10. The minimum Gasteiger partial charge on any atom is -0.443 e. The Labute approximate surface area is 154 Å². The van der Waals surface area contributed by atoms with Gasteiger partial charge in [0, 0.05) is 23.3 Å². The molecule has 1 aromatic carbocycles. The van der Waals surface area contributed by atoms with E-state index >= 15 is 0 Å². The molecule has 0 saturated heterocycles. The standard InChI is InChI=1S/C18H19ClN2O3S/c1-17(2,3)24-16(22)21-10-12(11-7-5-6-8-13(11)21)18(4,23)14-9-20-15(19)25-14/h5-10,23H,1-4H3. The molecule has 5 nitrogen and oxygen atoms in total. The molecule has 0 aliphatic rings. The number of carbonyl (C=O) groups is 1. The van der Waals surface area contributed by atoms with E-state index in [1.165, 1.54) is 15.9 Å². The molecular formula is C18H19ClN2O3S. The Morgan fingerprint density at radius 3 is 2.56 bits per heavy atom. The van der Waals surface area contributed by atoms with Crippen LogP contribution in [0.4, 0.5) is 4.79 Å². The predicted octanol–water partition coefficient (Wildman–Crippen LogP) is 4.79. The maximum Gasteiger partial charge on any atom is 0.419 e. The number of hydrogen-bond donors (Lipinski definition) is 1. The summed E-state index contributed by atoms with van der Waals surface area (Å²) in [6.45, 7) is 7.10. The van der Waals surface area contributed by atoms with Crippen LogP contribution in [0, 0.1) is 0 Å². The van der Waals surface area contributed by atoms with Crippen molar-refractivity contribution in [2.45, 2.75) is 38.9 Å². The largest absolute Gasteiger partial charge is 0.443 e. The highest BCUT2D eigenvalue weighted by Crippen LogP contribution is 2.38. The Hall–Kier alpha value is -1.89. The van der Waals surface area contributed by atoms with Crippen molar-refractivity contribution in [1.82, 2.24) is 9.55 Å². The van der Waals surface area contributed by atoms with Crippen LogP contribution in [0.15, 0.2) is 36.7 Å². The normalized spacial score (nSPS) is 14.5. The molecule has 2 heterocycles. The molecular weight excluding hydrogens is 360 g/mol. The smallest absolute Gasteiger partial charge is 0.419 e. The van der Waals surface area contributed by atoms with Gasteiger partial charge in [-0.3, -0.25) is 4.57 Å². The Morgan fingerprint density at radius 2 is 1.96 bits per heavy atom. The lowest BCUT2D eigenvalue weighted by atomic mass is 9.94. The van der Waals surface area contributed by atoms with Crippen LogP contribution >= 0.6 is 22.9 Å². The lowest BCUT2D eigenvalue weighted by Crippen LogP contribution is -2.27. The van der Waals surface area contributed by atoms with Crippen molar-refractivity contribution >= 4 is 39.9 Å². The van der Waals surface area contributed by atoms with Crippen LogP contribution in [-0.2, 0) is 10.3 Å². The SMILES string of the molecule is CC(C)(C)OC(=O)n1cc(C(C)(O)c2cnc(Cl)s2)c2ccccc21. The quantitative estimate of drug-likeness (QED) is 0.696. The molecule has 2 aromatic heterocycles. The summed E-state index contributed by atoms with van der Waals surface area (Å²) >= 11 is 7.12. The topological polar surface area (TPSA) is 64.3 Å². The summed E-state index contributed by atoms with van der Waals surface area (Å²) in [7, 11) is 0. The summed E-state index contributed by atoms with van der Waals surface area (Å²) < 4.78 is 7.26. The van der Waals surface area contributed by atoms with E-state index in [9.17, 15) is 9.90 Å². The van der Waals surface area contributed by atoms with E-state index in [0.29, 0.717) is 20.4 Å². The van der Waals surface area contributed by atoms with Gasteiger partial charge in [0.15, 0.2) is 4.47 Å². The fourth-order valence-corrected chi connectivity index (χ4v) is 3.64. The van der Waals surface area contributed by atoms with Crippen LogP contribution in [-0.4, -0.2) is 26.4 Å². The van der Waals surface area contributed by atoms with Gasteiger partial charge in [0.1, 0.15) is 11.2 Å². The van der Waals surface area contributed by atoms with Gasteiger partial charge in [0.2, 0.25) is 0 Å². The number of aliphatic hydroxyl groups is 1. The summed E-state index contributed by atoms with van der Waals surface area (Å²) in [5.41, 5.74) is -0.689. The van der Waals surface area contributed by atoms with Crippen molar-refractivity contribution in [3.05, 3.63) is 51.6 Å². The number of benzene rings is 1. The van der Waals surface area contributed by atoms with Gasteiger partial charge < -0.3 is 9.84 Å². The molecule has 0 bridgehead atoms. The fraction of sp³-hybridized carbons (Fsp3) is 0.333. The first kappa shape index (κ1) is 17.9. The van der Waals surface area contributed by atoms with Gasteiger partial charge >= 0.3 is 6.09 Å². The zero-order valence-corrected chi connectivity index (χ0v) is 16.0. The highest BCUT2D eigenvalue weighted by atomic mass is 35.5. The maximum atomic E-state index is 12.6. The van der Waals surface area contributed by atoms with E-state index in [0.717, 1.165) is 5.39 Å². The summed E-state index contributed by atoms with van der Waals surface area (Å²) in [5.74, 6) is 0. The van der Waals surface area contributed by atoms with Gasteiger partial charge in [0.25, 0.3) is 0 Å². The molecule has 1 atom stereocenters. The second-order valence-corrected chi connectivity index (χ2v) is 8.57. The van der Waals surface area contributed by atoms with Crippen LogP contribution in [0.1, 0.15) is 38.1 Å². The summed E-state index contributed by atoms with van der Waals surface area (Å²) in [6.07, 6.45) is 2.67. The number of carbonyl (C=O) groups excluding carboxylic acids is 1. The molecule has 0 radical (unpaired) electrons. The lowest BCUT2D eigenvalue weighted by molar-refractivity contribution is 0.0542. The van der Waals surface area contributed by atoms with E-state index < -0.39 is 17.3 Å². The molecule has 3 aromatic rings. The van der Waals surface area contributed by atoms with Gasteiger partial charge in [-0.25, -0.2) is 9.78 Å². The molecule has 0 aliphatic heterocycles. The number of thiazole rings is 1. The third-order valence-corrected chi connectivity index (χ3v) is 5.11. The van der Waals surface area contributed by atoms with Gasteiger partial charge in [-0.2, -0.15) is 0 Å². The number of rotatable bonds is 2. The average molecular weight is 379 g/mol. The van der Waals surface area contributed by atoms with Crippen molar-refractivity contribution in [2.24, 2.45) is 0 Å². The highest BCUT2D eigenvalue weighted by Gasteiger charge is 2.33. The van der Waals surface area contributed by atoms with E-state index in [1.54, 1.807) is 19.3 Å². The minimum atomic E-state index is -1.34. The van der Waals surface area contributed by atoms with E-state index in [-0.39, 0.29) is 0 Å². The first-order valence-electron chi connectivity index (χ1n) is 7.78. The van der Waals surface area contributed by atoms with Crippen molar-refractivity contribution in [3.63, 3.8) is 0 Å². The van der Waals surface area contributed by atoms with Crippen molar-refractivity contribution in [2.75, 3.05) is 0 Å². The molecule has 0 spiro atoms. The molecule has 0 fully saturated rings. The van der Waals surface area contributed by atoms with E-state index in [2.05, 4.69) is 4.98 Å². The van der Waals surface area contributed by atoms with Gasteiger partial charge in [0.05, 0.1) is 10.4 Å². The first-order valence-corrected chi connectivity index (χ1v) is 8.97. The summed E-state index contributed by atoms with van der Waals surface area (Å²) in [4.78, 5) is 17.2.